The Morgan fingerprint density at radius 1 is 1.05 bits per heavy atom. The second kappa shape index (κ2) is 8.38. The Labute approximate surface area is 130 Å². The number of benzene rings is 2. The third kappa shape index (κ3) is 4.88. The lowest BCUT2D eigenvalue weighted by Gasteiger charge is -2.05. The van der Waals surface area contributed by atoms with Gasteiger partial charge in [-0.05, 0) is 17.7 Å². The molecule has 0 aliphatic rings. The lowest BCUT2D eigenvalue weighted by Crippen LogP contribution is -2.35. The fourth-order valence-corrected chi connectivity index (χ4v) is 1.85. The molecule has 0 saturated heterocycles. The molecule has 2 rings (SSSR count). The van der Waals surface area contributed by atoms with E-state index in [-0.39, 0.29) is 12.6 Å². The lowest BCUT2D eigenvalue weighted by atomic mass is 10.2. The van der Waals surface area contributed by atoms with Gasteiger partial charge >= 0.3 is 6.03 Å². The predicted molar refractivity (Wildman–Crippen MR) is 86.6 cm³/mol. The molecule has 0 spiro atoms. The molecule has 0 unspecified atom stereocenters. The summed E-state index contributed by atoms with van der Waals surface area (Å²) >= 11 is 0. The highest BCUT2D eigenvalue weighted by molar-refractivity contribution is 5.74. The summed E-state index contributed by atoms with van der Waals surface area (Å²) in [6.07, 6.45) is 0. The number of para-hydroxylation sites is 1. The zero-order valence-electron chi connectivity index (χ0n) is 12.4. The minimum Gasteiger partial charge on any atom is -0.495 e. The smallest absolute Gasteiger partial charge is 0.315 e. The van der Waals surface area contributed by atoms with Crippen molar-refractivity contribution in [2.75, 3.05) is 13.7 Å². The van der Waals surface area contributed by atoms with E-state index in [9.17, 15) is 4.79 Å². The summed E-state index contributed by atoms with van der Waals surface area (Å²) in [5.41, 5.74) is 1.86. The summed E-state index contributed by atoms with van der Waals surface area (Å²) in [5.74, 6) is 6.60. The van der Waals surface area contributed by atoms with E-state index >= 15 is 0 Å². The Kier molecular flexibility index (Phi) is 5.89. The predicted octanol–water partition coefficient (Wildman–Crippen LogP) is 2.55. The zero-order valence-corrected chi connectivity index (χ0v) is 12.4. The first-order valence-electron chi connectivity index (χ1n) is 6.97. The third-order valence-electron chi connectivity index (χ3n) is 2.96. The van der Waals surface area contributed by atoms with Crippen LogP contribution in [0.2, 0.25) is 0 Å². The van der Waals surface area contributed by atoms with Crippen molar-refractivity contribution in [3.63, 3.8) is 0 Å². The van der Waals surface area contributed by atoms with Crippen LogP contribution in [-0.2, 0) is 6.54 Å². The Balaban J connectivity index is 1.77. The van der Waals surface area contributed by atoms with E-state index < -0.39 is 0 Å². The van der Waals surface area contributed by atoms with Crippen molar-refractivity contribution in [2.24, 2.45) is 0 Å². The molecule has 0 saturated carbocycles. The SMILES string of the molecule is COc1ccccc1C#CCNC(=O)NCc1ccccc1. The topological polar surface area (TPSA) is 50.4 Å². The van der Waals surface area contributed by atoms with E-state index in [1.807, 2.05) is 54.6 Å². The molecule has 0 aromatic heterocycles. The molecule has 0 fully saturated rings. The molecular formula is C18H18N2O2. The molecule has 2 N–H and O–H groups in total. The maximum absolute atomic E-state index is 11.6. The number of hydrogen-bond donors (Lipinski definition) is 2. The normalized spacial score (nSPS) is 9.32. The van der Waals surface area contributed by atoms with Crippen LogP contribution in [0.3, 0.4) is 0 Å². The molecule has 2 aromatic rings. The van der Waals surface area contributed by atoms with Crippen LogP contribution in [0.1, 0.15) is 11.1 Å². The van der Waals surface area contributed by atoms with Crippen LogP contribution in [-0.4, -0.2) is 19.7 Å². The van der Waals surface area contributed by atoms with E-state index in [2.05, 4.69) is 22.5 Å². The van der Waals surface area contributed by atoms with Gasteiger partial charge in [0, 0.05) is 6.54 Å². The van der Waals surface area contributed by atoms with Crippen molar-refractivity contribution >= 4 is 6.03 Å². The molecule has 0 aliphatic carbocycles. The fourth-order valence-electron chi connectivity index (χ4n) is 1.85. The number of hydrogen-bond acceptors (Lipinski definition) is 2. The summed E-state index contributed by atoms with van der Waals surface area (Å²) < 4.78 is 5.21. The Bertz CT molecular complexity index is 672. The van der Waals surface area contributed by atoms with Crippen molar-refractivity contribution in [2.45, 2.75) is 6.54 Å². The first-order valence-corrected chi connectivity index (χ1v) is 6.97. The molecule has 0 radical (unpaired) electrons. The van der Waals surface area contributed by atoms with Gasteiger partial charge in [-0.1, -0.05) is 54.3 Å². The van der Waals surface area contributed by atoms with E-state index in [4.69, 9.17) is 4.74 Å². The van der Waals surface area contributed by atoms with Gasteiger partial charge in [0.1, 0.15) is 5.75 Å². The average molecular weight is 294 g/mol. The highest BCUT2D eigenvalue weighted by Crippen LogP contribution is 2.15. The molecular weight excluding hydrogens is 276 g/mol. The number of urea groups is 1. The Morgan fingerprint density at radius 3 is 2.55 bits per heavy atom. The minimum atomic E-state index is -0.238. The van der Waals surface area contributed by atoms with Crippen molar-refractivity contribution in [1.82, 2.24) is 10.6 Å². The van der Waals surface area contributed by atoms with E-state index in [1.54, 1.807) is 7.11 Å². The molecule has 4 heteroatoms. The van der Waals surface area contributed by atoms with Crippen LogP contribution < -0.4 is 15.4 Å². The number of carbonyl (C=O) groups is 1. The van der Waals surface area contributed by atoms with Crippen LogP contribution in [0.25, 0.3) is 0 Å². The molecule has 2 amide bonds. The van der Waals surface area contributed by atoms with Gasteiger partial charge in [0.05, 0.1) is 19.2 Å². The minimum absolute atomic E-state index is 0.238. The van der Waals surface area contributed by atoms with Crippen LogP contribution in [0.4, 0.5) is 4.79 Å². The largest absolute Gasteiger partial charge is 0.495 e. The van der Waals surface area contributed by atoms with Gasteiger partial charge in [0.25, 0.3) is 0 Å². The Morgan fingerprint density at radius 2 is 1.77 bits per heavy atom. The van der Waals surface area contributed by atoms with E-state index in [1.165, 1.54) is 0 Å². The molecule has 4 nitrogen and oxygen atoms in total. The van der Waals surface area contributed by atoms with Gasteiger partial charge in [-0.15, -0.1) is 0 Å². The molecule has 0 aliphatic heterocycles. The molecule has 0 heterocycles. The molecule has 2 aromatic carbocycles. The fraction of sp³-hybridized carbons (Fsp3) is 0.167. The number of ether oxygens (including phenoxy) is 1. The number of methoxy groups -OCH3 is 1. The highest BCUT2D eigenvalue weighted by atomic mass is 16.5. The summed E-state index contributed by atoms with van der Waals surface area (Å²) in [7, 11) is 1.61. The average Bonchev–Trinajstić information content (AvgIpc) is 2.58. The quantitative estimate of drug-likeness (QED) is 0.851. The van der Waals surface area contributed by atoms with Crippen molar-refractivity contribution in [1.29, 1.82) is 0 Å². The third-order valence-corrected chi connectivity index (χ3v) is 2.96. The summed E-state index contributed by atoms with van der Waals surface area (Å²) in [6, 6.07) is 17.0. The summed E-state index contributed by atoms with van der Waals surface area (Å²) in [4.78, 5) is 11.6. The van der Waals surface area contributed by atoms with Gasteiger partial charge in [-0.3, -0.25) is 0 Å². The van der Waals surface area contributed by atoms with Gasteiger partial charge in [-0.25, -0.2) is 4.79 Å². The Hall–Kier alpha value is -2.93. The maximum atomic E-state index is 11.6. The monoisotopic (exact) mass is 294 g/mol. The molecule has 0 bridgehead atoms. The lowest BCUT2D eigenvalue weighted by molar-refractivity contribution is 0.241. The molecule has 22 heavy (non-hydrogen) atoms. The standard InChI is InChI=1S/C18H18N2O2/c1-22-17-12-6-5-10-16(17)11-7-13-19-18(21)20-14-15-8-3-2-4-9-15/h2-6,8-10,12H,13-14H2,1H3,(H2,19,20,21). The molecule has 0 atom stereocenters. The summed E-state index contributed by atoms with van der Waals surface area (Å²) in [6.45, 7) is 0.769. The maximum Gasteiger partial charge on any atom is 0.315 e. The van der Waals surface area contributed by atoms with Crippen LogP contribution in [0.5, 0.6) is 5.75 Å². The van der Waals surface area contributed by atoms with Crippen LogP contribution >= 0.6 is 0 Å². The van der Waals surface area contributed by atoms with Crippen molar-refractivity contribution < 1.29 is 9.53 Å². The van der Waals surface area contributed by atoms with E-state index in [0.717, 1.165) is 16.9 Å². The second-order valence-electron chi connectivity index (χ2n) is 4.52. The van der Waals surface area contributed by atoms with Gasteiger partial charge < -0.3 is 15.4 Å². The summed E-state index contributed by atoms with van der Waals surface area (Å²) in [5, 5.41) is 5.47. The van der Waals surface area contributed by atoms with Gasteiger partial charge in [0.15, 0.2) is 0 Å². The van der Waals surface area contributed by atoms with Crippen molar-refractivity contribution in [3.8, 4) is 17.6 Å². The number of rotatable bonds is 4. The van der Waals surface area contributed by atoms with Crippen molar-refractivity contribution in [3.05, 3.63) is 65.7 Å². The molecule has 112 valence electrons. The first-order chi connectivity index (χ1) is 10.8. The first kappa shape index (κ1) is 15.5. The van der Waals surface area contributed by atoms with E-state index in [0.29, 0.717) is 6.54 Å². The number of amides is 2. The zero-order chi connectivity index (χ0) is 15.6. The number of carbonyl (C=O) groups excluding carboxylic acids is 1. The van der Waals surface area contributed by atoms with Crippen LogP contribution in [0, 0.1) is 11.8 Å². The highest BCUT2D eigenvalue weighted by Gasteiger charge is 1.98. The number of nitrogens with one attached hydrogen (secondary N) is 2. The second-order valence-corrected chi connectivity index (χ2v) is 4.52. The van der Waals surface area contributed by atoms with Crippen LogP contribution in [0.15, 0.2) is 54.6 Å². The van der Waals surface area contributed by atoms with Gasteiger partial charge in [0.2, 0.25) is 0 Å². The van der Waals surface area contributed by atoms with Gasteiger partial charge in [-0.2, -0.15) is 0 Å².